The van der Waals surface area contributed by atoms with Gasteiger partial charge in [-0.2, -0.15) is 0 Å². The van der Waals surface area contributed by atoms with Crippen LogP contribution in [0, 0.1) is 5.41 Å². The first-order valence-corrected chi connectivity index (χ1v) is 5.64. The van der Waals surface area contributed by atoms with Gasteiger partial charge in [-0.3, -0.25) is 4.79 Å². The van der Waals surface area contributed by atoms with Crippen LogP contribution in [0.3, 0.4) is 0 Å². The van der Waals surface area contributed by atoms with Crippen molar-refractivity contribution in [2.75, 3.05) is 20.8 Å². The molecule has 0 spiro atoms. The van der Waals surface area contributed by atoms with Gasteiger partial charge in [0.1, 0.15) is 0 Å². The van der Waals surface area contributed by atoms with Crippen molar-refractivity contribution in [1.82, 2.24) is 5.32 Å². The van der Waals surface area contributed by atoms with E-state index in [0.717, 1.165) is 19.3 Å². The van der Waals surface area contributed by atoms with Gasteiger partial charge in [0.05, 0.1) is 12.0 Å². The predicted molar refractivity (Wildman–Crippen MR) is 60.7 cm³/mol. The number of nitrogens with two attached hydrogens (primary N) is 1. The molecule has 2 atom stereocenters. The molecule has 5 heteroatoms. The van der Waals surface area contributed by atoms with Gasteiger partial charge in [-0.1, -0.05) is 6.42 Å². The zero-order chi connectivity index (χ0) is 12.2. The molecule has 0 aromatic rings. The van der Waals surface area contributed by atoms with Gasteiger partial charge in [-0.05, 0) is 19.8 Å². The molecule has 0 aromatic carbocycles. The van der Waals surface area contributed by atoms with Crippen LogP contribution in [0.5, 0.6) is 0 Å². The summed E-state index contributed by atoms with van der Waals surface area (Å²) in [6.07, 6.45) is 2.39. The Morgan fingerprint density at radius 3 is 2.62 bits per heavy atom. The lowest BCUT2D eigenvalue weighted by molar-refractivity contribution is -0.135. The van der Waals surface area contributed by atoms with E-state index in [-0.39, 0.29) is 11.9 Å². The summed E-state index contributed by atoms with van der Waals surface area (Å²) < 4.78 is 10.0. The third-order valence-corrected chi connectivity index (χ3v) is 3.50. The molecule has 5 nitrogen and oxygen atoms in total. The summed E-state index contributed by atoms with van der Waals surface area (Å²) in [7, 11) is 3.09. The Morgan fingerprint density at radius 2 is 2.19 bits per heavy atom. The summed E-state index contributed by atoms with van der Waals surface area (Å²) in [5.74, 6) is -0.00315. The van der Waals surface area contributed by atoms with Gasteiger partial charge in [-0.25, -0.2) is 0 Å². The van der Waals surface area contributed by atoms with Crippen molar-refractivity contribution < 1.29 is 14.3 Å². The number of carbonyl (C=O) groups excluding carboxylic acids is 1. The van der Waals surface area contributed by atoms with Crippen molar-refractivity contribution in [2.24, 2.45) is 11.1 Å². The Labute approximate surface area is 96.7 Å². The minimum Gasteiger partial charge on any atom is -0.354 e. The molecule has 1 aliphatic rings. The average molecular weight is 230 g/mol. The first kappa shape index (κ1) is 13.4. The summed E-state index contributed by atoms with van der Waals surface area (Å²) in [6.45, 7) is 2.28. The van der Waals surface area contributed by atoms with Crippen LogP contribution in [0.25, 0.3) is 0 Å². The SMILES string of the molecule is COC(CNC(=O)C1(C)CCCC1N)OC. The molecule has 2 unspecified atom stereocenters. The molecular weight excluding hydrogens is 208 g/mol. The molecule has 1 rings (SSSR count). The topological polar surface area (TPSA) is 73.6 Å². The molecular formula is C11H22N2O3. The van der Waals surface area contributed by atoms with E-state index in [4.69, 9.17) is 15.2 Å². The minimum atomic E-state index is -0.438. The molecule has 0 bridgehead atoms. The first-order chi connectivity index (χ1) is 7.54. The fourth-order valence-electron chi connectivity index (χ4n) is 2.12. The predicted octanol–water partition coefficient (Wildman–Crippen LogP) is 0.239. The van der Waals surface area contributed by atoms with Gasteiger partial charge < -0.3 is 20.5 Å². The Balaban J connectivity index is 2.45. The van der Waals surface area contributed by atoms with Crippen LogP contribution >= 0.6 is 0 Å². The zero-order valence-corrected chi connectivity index (χ0v) is 10.3. The van der Waals surface area contributed by atoms with Gasteiger partial charge in [0.25, 0.3) is 0 Å². The quantitative estimate of drug-likeness (QED) is 0.663. The second-order valence-electron chi connectivity index (χ2n) is 4.53. The van der Waals surface area contributed by atoms with Crippen molar-refractivity contribution in [3.63, 3.8) is 0 Å². The van der Waals surface area contributed by atoms with E-state index in [1.807, 2.05) is 6.92 Å². The lowest BCUT2D eigenvalue weighted by Crippen LogP contribution is -2.49. The molecule has 1 aliphatic carbocycles. The minimum absolute atomic E-state index is 0.00315. The molecule has 3 N–H and O–H groups in total. The molecule has 0 aliphatic heterocycles. The van der Waals surface area contributed by atoms with Crippen LogP contribution in [0.15, 0.2) is 0 Å². The number of rotatable bonds is 5. The summed E-state index contributed by atoms with van der Waals surface area (Å²) in [5.41, 5.74) is 5.52. The van der Waals surface area contributed by atoms with Crippen LogP contribution < -0.4 is 11.1 Å². The van der Waals surface area contributed by atoms with E-state index < -0.39 is 11.7 Å². The lowest BCUT2D eigenvalue weighted by atomic mass is 9.84. The van der Waals surface area contributed by atoms with Crippen molar-refractivity contribution in [2.45, 2.75) is 38.5 Å². The molecule has 0 heterocycles. The van der Waals surface area contributed by atoms with Crippen LogP contribution in [-0.2, 0) is 14.3 Å². The number of carbonyl (C=O) groups is 1. The third-order valence-electron chi connectivity index (χ3n) is 3.50. The third kappa shape index (κ3) is 2.72. The Bertz CT molecular complexity index is 243. The van der Waals surface area contributed by atoms with E-state index in [0.29, 0.717) is 6.54 Å². The second-order valence-corrected chi connectivity index (χ2v) is 4.53. The largest absolute Gasteiger partial charge is 0.354 e. The highest BCUT2D eigenvalue weighted by atomic mass is 16.7. The molecule has 1 fully saturated rings. The summed E-state index contributed by atoms with van der Waals surface area (Å²) in [4.78, 5) is 12.0. The highest BCUT2D eigenvalue weighted by molar-refractivity contribution is 5.83. The maximum absolute atomic E-state index is 12.0. The Hall–Kier alpha value is -0.650. The molecule has 16 heavy (non-hydrogen) atoms. The number of amides is 1. The van der Waals surface area contributed by atoms with E-state index in [1.54, 1.807) is 14.2 Å². The highest BCUT2D eigenvalue weighted by Crippen LogP contribution is 2.36. The average Bonchev–Trinajstić information content (AvgIpc) is 2.62. The number of hydrogen-bond acceptors (Lipinski definition) is 4. The van der Waals surface area contributed by atoms with Crippen LogP contribution in [0.2, 0.25) is 0 Å². The Kier molecular flexibility index (Phi) is 4.70. The van der Waals surface area contributed by atoms with Crippen molar-refractivity contribution in [1.29, 1.82) is 0 Å². The number of ether oxygens (including phenoxy) is 2. The monoisotopic (exact) mass is 230 g/mol. The lowest BCUT2D eigenvalue weighted by Gasteiger charge is -2.28. The Morgan fingerprint density at radius 1 is 1.56 bits per heavy atom. The fourth-order valence-corrected chi connectivity index (χ4v) is 2.12. The maximum Gasteiger partial charge on any atom is 0.227 e. The van der Waals surface area contributed by atoms with E-state index in [1.165, 1.54) is 0 Å². The molecule has 0 aromatic heterocycles. The molecule has 0 saturated heterocycles. The molecule has 1 amide bonds. The molecule has 0 radical (unpaired) electrons. The molecule has 1 saturated carbocycles. The van der Waals surface area contributed by atoms with Crippen molar-refractivity contribution in [3.8, 4) is 0 Å². The summed E-state index contributed by atoms with van der Waals surface area (Å²) in [5, 5.41) is 2.83. The first-order valence-electron chi connectivity index (χ1n) is 5.64. The van der Waals surface area contributed by atoms with Crippen LogP contribution in [0.4, 0.5) is 0 Å². The number of methoxy groups -OCH3 is 2. The maximum atomic E-state index is 12.0. The van der Waals surface area contributed by atoms with E-state index in [2.05, 4.69) is 5.32 Å². The van der Waals surface area contributed by atoms with Crippen molar-refractivity contribution >= 4 is 5.91 Å². The van der Waals surface area contributed by atoms with Gasteiger partial charge in [0.15, 0.2) is 6.29 Å². The van der Waals surface area contributed by atoms with Gasteiger partial charge in [0, 0.05) is 20.3 Å². The van der Waals surface area contributed by atoms with E-state index >= 15 is 0 Å². The van der Waals surface area contributed by atoms with Crippen LogP contribution in [-0.4, -0.2) is 39.0 Å². The van der Waals surface area contributed by atoms with Gasteiger partial charge in [-0.15, -0.1) is 0 Å². The number of hydrogen-bond donors (Lipinski definition) is 2. The van der Waals surface area contributed by atoms with E-state index in [9.17, 15) is 4.79 Å². The normalized spacial score (nSPS) is 29.7. The standard InChI is InChI=1S/C11H22N2O3/c1-11(6-4-5-8(11)12)10(14)13-7-9(15-2)16-3/h8-9H,4-7,12H2,1-3H3,(H,13,14). The summed E-state index contributed by atoms with van der Waals surface area (Å²) >= 11 is 0. The van der Waals surface area contributed by atoms with Gasteiger partial charge in [0.2, 0.25) is 5.91 Å². The fraction of sp³-hybridized carbons (Fsp3) is 0.909. The van der Waals surface area contributed by atoms with Crippen LogP contribution in [0.1, 0.15) is 26.2 Å². The zero-order valence-electron chi connectivity index (χ0n) is 10.3. The highest BCUT2D eigenvalue weighted by Gasteiger charge is 2.42. The summed E-state index contributed by atoms with van der Waals surface area (Å²) in [6, 6.07) is -0.0453. The number of nitrogens with one attached hydrogen (secondary N) is 1. The smallest absolute Gasteiger partial charge is 0.227 e. The second kappa shape index (κ2) is 5.61. The molecule has 94 valence electrons. The van der Waals surface area contributed by atoms with Gasteiger partial charge >= 0.3 is 0 Å². The van der Waals surface area contributed by atoms with Crippen molar-refractivity contribution in [3.05, 3.63) is 0 Å².